The fourth-order valence-electron chi connectivity index (χ4n) is 1.84. The van der Waals surface area contributed by atoms with Crippen molar-refractivity contribution >= 4 is 15.9 Å². The molecule has 2 rings (SSSR count). The molecule has 0 aromatic rings. The minimum atomic E-state index is -2.49. The number of hydrogen-bond acceptors (Lipinski definition) is 2. The lowest BCUT2D eigenvalue weighted by atomic mass is 10.2. The quantitative estimate of drug-likeness (QED) is 0.588. The summed E-state index contributed by atoms with van der Waals surface area (Å²) in [5.74, 6) is 1.02. The van der Waals surface area contributed by atoms with Crippen molar-refractivity contribution in [2.45, 2.75) is 46.5 Å². The number of rotatable bonds is 5. The van der Waals surface area contributed by atoms with E-state index in [4.69, 9.17) is 4.74 Å². The molecule has 0 atom stereocenters. The summed E-state index contributed by atoms with van der Waals surface area (Å²) in [5.41, 5.74) is 1.84. The number of hydrogen-bond donors (Lipinski definition) is 0. The molecule has 1 heterocycles. The van der Waals surface area contributed by atoms with Crippen molar-refractivity contribution in [3.63, 3.8) is 0 Å². The molecule has 2 nitrogen and oxygen atoms in total. The first-order valence-corrected chi connectivity index (χ1v) is 8.34. The van der Waals surface area contributed by atoms with E-state index >= 15 is 0 Å². The van der Waals surface area contributed by atoms with Crippen molar-refractivity contribution in [1.82, 2.24) is 4.90 Å². The van der Waals surface area contributed by atoms with E-state index in [0.717, 1.165) is 4.48 Å². The average molecular weight is 376 g/mol. The Morgan fingerprint density at radius 1 is 1.50 bits per heavy atom. The lowest BCUT2D eigenvalue weighted by molar-refractivity contribution is 0.0491. The second-order valence-electron chi connectivity index (χ2n) is 5.43. The Balaban J connectivity index is 0.000000745. The highest BCUT2D eigenvalue weighted by Gasteiger charge is 2.24. The molecule has 1 aliphatic carbocycles. The Kier molecular flexibility index (Phi) is 7.87. The molecule has 1 fully saturated rings. The molecule has 1 saturated carbocycles. The third-order valence-corrected chi connectivity index (χ3v) is 3.49. The molecule has 0 unspecified atom stereocenters. The van der Waals surface area contributed by atoms with Gasteiger partial charge in [0.1, 0.15) is 12.4 Å². The molecule has 124 valence electrons. The summed E-state index contributed by atoms with van der Waals surface area (Å²) in [6.45, 7) is 9.60. The molecule has 0 amide bonds. The highest BCUT2D eigenvalue weighted by atomic mass is 79.9. The van der Waals surface area contributed by atoms with Crippen LogP contribution in [0, 0.1) is 5.92 Å². The topological polar surface area (TPSA) is 12.5 Å². The number of allylic oxidation sites excluding steroid dienone is 3. The summed E-state index contributed by atoms with van der Waals surface area (Å²) >= 11 is 3.35. The number of nitrogens with zero attached hydrogens (tertiary/aromatic N) is 1. The zero-order chi connectivity index (χ0) is 16.7. The van der Waals surface area contributed by atoms with Crippen LogP contribution >= 0.6 is 15.9 Å². The molecular formula is C17H24BrF2NO. The van der Waals surface area contributed by atoms with Gasteiger partial charge in [0.15, 0.2) is 0 Å². The van der Waals surface area contributed by atoms with E-state index in [1.807, 2.05) is 17.3 Å². The van der Waals surface area contributed by atoms with Crippen LogP contribution in [0.5, 0.6) is 0 Å². The molecule has 0 aromatic carbocycles. The van der Waals surface area contributed by atoms with Crippen LogP contribution in [0.25, 0.3) is 0 Å². The minimum Gasteiger partial charge on any atom is -0.485 e. The molecule has 0 bridgehead atoms. The van der Waals surface area contributed by atoms with E-state index in [9.17, 15) is 8.78 Å². The molecule has 5 heteroatoms. The molecule has 0 N–H and O–H groups in total. The van der Waals surface area contributed by atoms with Crippen LogP contribution in [0.3, 0.4) is 0 Å². The average Bonchev–Trinajstić information content (AvgIpc) is 3.26. The van der Waals surface area contributed by atoms with Gasteiger partial charge in [-0.15, -0.1) is 0 Å². The molecule has 0 saturated heterocycles. The number of halogens is 3. The Morgan fingerprint density at radius 2 is 2.09 bits per heavy atom. The van der Waals surface area contributed by atoms with Gasteiger partial charge >= 0.3 is 0 Å². The third-order valence-electron chi connectivity index (χ3n) is 3.06. The van der Waals surface area contributed by atoms with E-state index < -0.39 is 13.0 Å². The lowest BCUT2D eigenvalue weighted by Gasteiger charge is -2.26. The summed E-state index contributed by atoms with van der Waals surface area (Å²) in [5, 5.41) is 0. The molecule has 0 aromatic heterocycles. The molecule has 1 aliphatic heterocycles. The normalized spacial score (nSPS) is 18.6. The van der Waals surface area contributed by atoms with E-state index in [0.29, 0.717) is 17.4 Å². The first kappa shape index (κ1) is 18.9. The molecule has 0 radical (unpaired) electrons. The molecule has 22 heavy (non-hydrogen) atoms. The van der Waals surface area contributed by atoms with Gasteiger partial charge in [0.2, 0.25) is 0 Å². The maximum Gasteiger partial charge on any atom is 0.272 e. The van der Waals surface area contributed by atoms with Gasteiger partial charge in [-0.2, -0.15) is 0 Å². The predicted octanol–water partition coefficient (Wildman–Crippen LogP) is 5.95. The van der Waals surface area contributed by atoms with E-state index in [2.05, 4.69) is 43.3 Å². The second-order valence-corrected chi connectivity index (χ2v) is 6.35. The van der Waals surface area contributed by atoms with Gasteiger partial charge in [0.25, 0.3) is 6.43 Å². The number of alkyl halides is 2. The summed E-state index contributed by atoms with van der Waals surface area (Å²) in [4.78, 5) is 1.82. The summed E-state index contributed by atoms with van der Waals surface area (Å²) in [6, 6.07) is 0. The highest BCUT2D eigenvalue weighted by Crippen LogP contribution is 2.37. The van der Waals surface area contributed by atoms with Gasteiger partial charge in [-0.25, -0.2) is 8.78 Å². The minimum absolute atomic E-state index is 0.370. The van der Waals surface area contributed by atoms with Crippen LogP contribution in [-0.2, 0) is 4.74 Å². The van der Waals surface area contributed by atoms with Crippen LogP contribution in [0.15, 0.2) is 46.6 Å². The zero-order valence-corrected chi connectivity index (χ0v) is 15.0. The fraction of sp³-hybridized carbons (Fsp3) is 0.529. The number of ether oxygens (including phenoxy) is 1. The third kappa shape index (κ3) is 6.34. The van der Waals surface area contributed by atoms with E-state index in [1.54, 1.807) is 6.08 Å². The van der Waals surface area contributed by atoms with Crippen LogP contribution < -0.4 is 0 Å². The summed E-state index contributed by atoms with van der Waals surface area (Å²) < 4.78 is 30.3. The van der Waals surface area contributed by atoms with Crippen molar-refractivity contribution in [3.8, 4) is 0 Å². The maximum absolute atomic E-state index is 12.2. The van der Waals surface area contributed by atoms with Crippen molar-refractivity contribution in [3.05, 3.63) is 46.6 Å². The predicted molar refractivity (Wildman–Crippen MR) is 90.5 cm³/mol. The van der Waals surface area contributed by atoms with Gasteiger partial charge in [-0.3, -0.25) is 0 Å². The summed E-state index contributed by atoms with van der Waals surface area (Å²) in [7, 11) is 0. The maximum atomic E-state index is 12.2. The summed E-state index contributed by atoms with van der Waals surface area (Å²) in [6.07, 6.45) is 6.69. The molecule has 2 aliphatic rings. The smallest absolute Gasteiger partial charge is 0.272 e. The SMILES string of the molecule is C=C1C(OCC(F)F)=CC(Br)=CN1/C=C(\C)C1CC1.CCC. The van der Waals surface area contributed by atoms with Gasteiger partial charge in [0, 0.05) is 16.9 Å². The van der Waals surface area contributed by atoms with Crippen molar-refractivity contribution in [2.75, 3.05) is 6.61 Å². The first-order chi connectivity index (χ1) is 10.4. The zero-order valence-electron chi connectivity index (χ0n) is 13.4. The Labute approximate surface area is 140 Å². The van der Waals surface area contributed by atoms with Crippen LogP contribution in [0.4, 0.5) is 8.78 Å². The lowest BCUT2D eigenvalue weighted by Crippen LogP contribution is -2.18. The van der Waals surface area contributed by atoms with E-state index in [-0.39, 0.29) is 0 Å². The molecular weight excluding hydrogens is 352 g/mol. The van der Waals surface area contributed by atoms with Crippen molar-refractivity contribution < 1.29 is 13.5 Å². The van der Waals surface area contributed by atoms with Gasteiger partial charge in [-0.1, -0.05) is 32.4 Å². The standard InChI is InChI=1S/C14H16BrF2NO.C3H8/c1-9(11-3-4-11)6-18-7-12(15)5-13(10(18)2)19-8-14(16)17;1-3-2/h5-7,11,14H,2-4,8H2,1H3;3H2,1-2H3/b9-6+;. The Morgan fingerprint density at radius 3 is 2.59 bits per heavy atom. The van der Waals surface area contributed by atoms with Gasteiger partial charge in [0.05, 0.1) is 5.70 Å². The Hall–Kier alpha value is -1.10. The largest absolute Gasteiger partial charge is 0.485 e. The van der Waals surface area contributed by atoms with Crippen LogP contribution in [-0.4, -0.2) is 17.9 Å². The van der Waals surface area contributed by atoms with E-state index in [1.165, 1.54) is 24.8 Å². The van der Waals surface area contributed by atoms with Crippen LogP contribution in [0.2, 0.25) is 0 Å². The van der Waals surface area contributed by atoms with Crippen LogP contribution in [0.1, 0.15) is 40.0 Å². The monoisotopic (exact) mass is 375 g/mol. The highest BCUT2D eigenvalue weighted by molar-refractivity contribution is 9.11. The second kappa shape index (κ2) is 9.13. The van der Waals surface area contributed by atoms with Gasteiger partial charge < -0.3 is 9.64 Å². The van der Waals surface area contributed by atoms with Crippen molar-refractivity contribution in [1.29, 1.82) is 0 Å². The van der Waals surface area contributed by atoms with Crippen molar-refractivity contribution in [2.24, 2.45) is 5.92 Å². The molecule has 0 spiro atoms. The first-order valence-electron chi connectivity index (χ1n) is 7.54. The Bertz CT molecular complexity index is 479. The van der Waals surface area contributed by atoms with Gasteiger partial charge in [-0.05, 0) is 47.7 Å². The fourth-order valence-corrected chi connectivity index (χ4v) is 2.27.